The van der Waals surface area contributed by atoms with E-state index in [9.17, 15) is 9.90 Å². The molecule has 0 aromatic heterocycles. The Morgan fingerprint density at radius 1 is 1.15 bits per heavy atom. The average molecular weight is 369 g/mol. The molecule has 2 aromatic carbocycles. The highest BCUT2D eigenvalue weighted by atomic mass is 16.5. The molecule has 0 spiro atoms. The topological polar surface area (TPSA) is 82.6 Å². The molecule has 0 radical (unpaired) electrons. The molecular weight excluding hydrogens is 342 g/mol. The highest BCUT2D eigenvalue weighted by Gasteiger charge is 2.35. The van der Waals surface area contributed by atoms with E-state index in [1.54, 1.807) is 7.11 Å². The summed E-state index contributed by atoms with van der Waals surface area (Å²) in [6, 6.07) is 17.2. The number of benzene rings is 2. The molecule has 6 nitrogen and oxygen atoms in total. The van der Waals surface area contributed by atoms with Gasteiger partial charge >= 0.3 is 0 Å². The summed E-state index contributed by atoms with van der Waals surface area (Å²) in [6.45, 7) is 1.93. The first-order valence-electron chi connectivity index (χ1n) is 9.22. The molecule has 1 heterocycles. The number of aliphatic hydroxyl groups excluding tert-OH is 1. The number of hydrogen-bond acceptors (Lipinski definition) is 5. The van der Waals surface area contributed by atoms with Crippen molar-refractivity contribution in [1.29, 1.82) is 0 Å². The number of rotatable bonds is 7. The summed E-state index contributed by atoms with van der Waals surface area (Å²) in [5, 5.41) is 12.6. The zero-order chi connectivity index (χ0) is 19.2. The van der Waals surface area contributed by atoms with Gasteiger partial charge in [0.05, 0.1) is 25.8 Å². The first kappa shape index (κ1) is 19.4. The lowest BCUT2D eigenvalue weighted by Crippen LogP contribution is -2.34. The number of carbonyl (C=O) groups is 1. The highest BCUT2D eigenvalue weighted by Crippen LogP contribution is 2.32. The second-order valence-electron chi connectivity index (χ2n) is 6.91. The summed E-state index contributed by atoms with van der Waals surface area (Å²) >= 11 is 0. The molecule has 1 aliphatic heterocycles. The number of aliphatic hydroxyl groups is 1. The molecule has 3 unspecified atom stereocenters. The van der Waals surface area contributed by atoms with Crippen LogP contribution in [0.4, 0.5) is 0 Å². The van der Waals surface area contributed by atoms with Crippen molar-refractivity contribution in [2.75, 3.05) is 13.7 Å². The number of nitrogens with one attached hydrogen (secondary N) is 3. The predicted octanol–water partition coefficient (Wildman–Crippen LogP) is 2.09. The van der Waals surface area contributed by atoms with Crippen molar-refractivity contribution in [2.45, 2.75) is 31.5 Å². The minimum Gasteiger partial charge on any atom is -0.497 e. The fourth-order valence-corrected chi connectivity index (χ4v) is 3.55. The molecule has 0 bridgehead atoms. The maximum Gasteiger partial charge on any atom is 0.220 e. The Bertz CT molecular complexity index is 736. The first-order chi connectivity index (χ1) is 13.1. The van der Waals surface area contributed by atoms with Gasteiger partial charge in [0.2, 0.25) is 5.91 Å². The average Bonchev–Trinajstić information content (AvgIpc) is 3.07. The summed E-state index contributed by atoms with van der Waals surface area (Å²) < 4.78 is 5.22. The first-order valence-corrected chi connectivity index (χ1v) is 9.22. The zero-order valence-corrected chi connectivity index (χ0v) is 15.7. The van der Waals surface area contributed by atoms with Crippen LogP contribution in [0.5, 0.6) is 5.75 Å². The molecule has 1 fully saturated rings. The van der Waals surface area contributed by atoms with Crippen molar-refractivity contribution >= 4 is 5.91 Å². The number of methoxy groups -OCH3 is 1. The van der Waals surface area contributed by atoms with Crippen LogP contribution in [0.25, 0.3) is 0 Å². The van der Waals surface area contributed by atoms with Gasteiger partial charge in [-0.1, -0.05) is 42.5 Å². The van der Waals surface area contributed by atoms with Crippen molar-refractivity contribution in [3.8, 4) is 5.75 Å². The minimum atomic E-state index is -0.393. The smallest absolute Gasteiger partial charge is 0.220 e. The van der Waals surface area contributed by atoms with Crippen molar-refractivity contribution in [3.63, 3.8) is 0 Å². The number of hydrazine groups is 1. The number of carbonyl (C=O) groups excluding carboxylic acids is 1. The summed E-state index contributed by atoms with van der Waals surface area (Å²) in [5.74, 6) is 0.827. The van der Waals surface area contributed by atoms with E-state index < -0.39 is 6.04 Å². The van der Waals surface area contributed by atoms with Gasteiger partial charge in [0.25, 0.3) is 0 Å². The van der Waals surface area contributed by atoms with Crippen molar-refractivity contribution in [2.24, 2.45) is 5.92 Å². The standard InChI is InChI=1S/C21H27N3O3/c1-14-18(21(24-23-14)16-8-10-17(27-2)11-9-16)12-20(26)22-19(13-25)15-6-4-3-5-7-15/h3-11,14,18-19,21,23-25H,12-13H2,1-2H3,(H,22,26)/t14?,18?,19-,21?/m0/s1. The number of ether oxygens (including phenoxy) is 1. The molecule has 1 amide bonds. The van der Waals surface area contributed by atoms with Crippen molar-refractivity contribution in [1.82, 2.24) is 16.2 Å². The predicted molar refractivity (Wildman–Crippen MR) is 104 cm³/mol. The Labute approximate surface area is 159 Å². The third-order valence-electron chi connectivity index (χ3n) is 5.15. The molecule has 2 aromatic rings. The van der Waals surface area contributed by atoms with E-state index in [0.29, 0.717) is 6.42 Å². The molecule has 1 aliphatic rings. The molecule has 144 valence electrons. The van der Waals surface area contributed by atoms with Crippen LogP contribution in [0.3, 0.4) is 0 Å². The van der Waals surface area contributed by atoms with E-state index in [0.717, 1.165) is 16.9 Å². The molecular formula is C21H27N3O3. The number of hydrogen-bond donors (Lipinski definition) is 4. The molecule has 4 atom stereocenters. The molecule has 4 N–H and O–H groups in total. The summed E-state index contributed by atoms with van der Waals surface area (Å²) in [4.78, 5) is 12.7. The van der Waals surface area contributed by atoms with Gasteiger partial charge in [-0.15, -0.1) is 0 Å². The molecule has 27 heavy (non-hydrogen) atoms. The van der Waals surface area contributed by atoms with Crippen LogP contribution in [-0.2, 0) is 4.79 Å². The van der Waals surface area contributed by atoms with Gasteiger partial charge in [0.1, 0.15) is 5.75 Å². The van der Waals surface area contributed by atoms with Crippen LogP contribution < -0.4 is 20.9 Å². The van der Waals surface area contributed by atoms with Gasteiger partial charge < -0.3 is 15.2 Å². The van der Waals surface area contributed by atoms with Gasteiger partial charge in [-0.05, 0) is 30.2 Å². The van der Waals surface area contributed by atoms with E-state index in [2.05, 4.69) is 23.1 Å². The Morgan fingerprint density at radius 2 is 1.85 bits per heavy atom. The highest BCUT2D eigenvalue weighted by molar-refractivity contribution is 5.77. The monoisotopic (exact) mass is 369 g/mol. The fraction of sp³-hybridized carbons (Fsp3) is 0.381. The molecule has 6 heteroatoms. The lowest BCUT2D eigenvalue weighted by molar-refractivity contribution is -0.123. The van der Waals surface area contributed by atoms with Gasteiger partial charge in [-0.2, -0.15) is 0 Å². The van der Waals surface area contributed by atoms with Crippen molar-refractivity contribution in [3.05, 3.63) is 65.7 Å². The zero-order valence-electron chi connectivity index (χ0n) is 15.7. The van der Waals surface area contributed by atoms with Crippen LogP contribution in [0.1, 0.15) is 36.6 Å². The molecule has 3 rings (SSSR count). The van der Waals surface area contributed by atoms with E-state index in [1.807, 2.05) is 54.6 Å². The second-order valence-corrected chi connectivity index (χ2v) is 6.91. The second kappa shape index (κ2) is 8.99. The van der Waals surface area contributed by atoms with E-state index in [-0.39, 0.29) is 30.5 Å². The Balaban J connectivity index is 1.67. The SMILES string of the molecule is COc1ccc(C2NNC(C)C2CC(=O)N[C@@H](CO)c2ccccc2)cc1. The third kappa shape index (κ3) is 4.66. The Kier molecular flexibility index (Phi) is 6.45. The van der Waals surface area contributed by atoms with E-state index >= 15 is 0 Å². The lowest BCUT2D eigenvalue weighted by Gasteiger charge is -2.23. The summed E-state index contributed by atoms with van der Waals surface area (Å²) in [5.41, 5.74) is 8.54. The third-order valence-corrected chi connectivity index (χ3v) is 5.15. The van der Waals surface area contributed by atoms with Crippen LogP contribution >= 0.6 is 0 Å². The van der Waals surface area contributed by atoms with E-state index in [1.165, 1.54) is 0 Å². The van der Waals surface area contributed by atoms with Crippen LogP contribution in [0, 0.1) is 5.92 Å². The molecule has 0 saturated carbocycles. The van der Waals surface area contributed by atoms with Gasteiger partial charge in [0.15, 0.2) is 0 Å². The maximum atomic E-state index is 12.7. The lowest BCUT2D eigenvalue weighted by atomic mass is 9.87. The van der Waals surface area contributed by atoms with Crippen molar-refractivity contribution < 1.29 is 14.6 Å². The van der Waals surface area contributed by atoms with E-state index in [4.69, 9.17) is 4.74 Å². The quantitative estimate of drug-likeness (QED) is 0.601. The minimum absolute atomic E-state index is 0.0287. The van der Waals surface area contributed by atoms with Gasteiger partial charge in [0, 0.05) is 18.4 Å². The summed E-state index contributed by atoms with van der Waals surface area (Å²) in [7, 11) is 1.64. The van der Waals surface area contributed by atoms with Gasteiger partial charge in [-0.25, -0.2) is 5.43 Å². The van der Waals surface area contributed by atoms with Gasteiger partial charge in [-0.3, -0.25) is 10.2 Å². The largest absolute Gasteiger partial charge is 0.497 e. The summed E-state index contributed by atoms with van der Waals surface area (Å²) in [6.07, 6.45) is 0.362. The van der Waals surface area contributed by atoms with Crippen LogP contribution in [0.15, 0.2) is 54.6 Å². The maximum absolute atomic E-state index is 12.7. The van der Waals surface area contributed by atoms with Crippen LogP contribution in [0.2, 0.25) is 0 Å². The number of amides is 1. The normalized spacial score (nSPS) is 23.0. The Hall–Kier alpha value is -2.41. The molecule has 1 saturated heterocycles. The molecule has 0 aliphatic carbocycles. The van der Waals surface area contributed by atoms with Crippen LogP contribution in [-0.4, -0.2) is 30.8 Å². The Morgan fingerprint density at radius 3 is 2.48 bits per heavy atom. The fourth-order valence-electron chi connectivity index (χ4n) is 3.55.